The molecule has 0 unspecified atom stereocenters. The topological polar surface area (TPSA) is 64.1 Å². The standard InChI is InChI=1S/C13H21N3O2/c1-9(2)18-8-11(17)16-10-6-14-12(15-7-10)13(3,4)5/h6-7,9H,8H2,1-5H3,(H,16,17). The fraction of sp³-hybridized carbons (Fsp3) is 0.615. The highest BCUT2D eigenvalue weighted by atomic mass is 16.5. The van der Waals surface area contributed by atoms with Crippen LogP contribution in [-0.2, 0) is 14.9 Å². The van der Waals surface area contributed by atoms with Gasteiger partial charge in [-0.15, -0.1) is 0 Å². The van der Waals surface area contributed by atoms with Crippen LogP contribution in [0.1, 0.15) is 40.4 Å². The van der Waals surface area contributed by atoms with Crippen LogP contribution in [0.4, 0.5) is 5.69 Å². The van der Waals surface area contributed by atoms with Gasteiger partial charge in [0.2, 0.25) is 5.91 Å². The molecule has 0 aliphatic heterocycles. The lowest BCUT2D eigenvalue weighted by Crippen LogP contribution is -2.21. The fourth-order valence-corrected chi connectivity index (χ4v) is 1.22. The highest BCUT2D eigenvalue weighted by molar-refractivity contribution is 5.91. The third-order valence-corrected chi connectivity index (χ3v) is 2.15. The Morgan fingerprint density at radius 1 is 1.33 bits per heavy atom. The molecule has 1 N–H and O–H groups in total. The van der Waals surface area contributed by atoms with Crippen molar-refractivity contribution in [1.82, 2.24) is 9.97 Å². The van der Waals surface area contributed by atoms with Crippen molar-refractivity contribution in [2.24, 2.45) is 0 Å². The van der Waals surface area contributed by atoms with Crippen LogP contribution in [0.2, 0.25) is 0 Å². The van der Waals surface area contributed by atoms with E-state index >= 15 is 0 Å². The van der Waals surface area contributed by atoms with Crippen molar-refractivity contribution in [3.05, 3.63) is 18.2 Å². The SMILES string of the molecule is CC(C)OCC(=O)Nc1cnc(C(C)(C)C)nc1. The van der Waals surface area contributed by atoms with E-state index in [4.69, 9.17) is 4.74 Å². The minimum atomic E-state index is -0.198. The molecule has 1 rings (SSSR count). The van der Waals surface area contributed by atoms with E-state index in [0.29, 0.717) is 5.69 Å². The average Bonchev–Trinajstić information content (AvgIpc) is 2.26. The van der Waals surface area contributed by atoms with Gasteiger partial charge in [0.25, 0.3) is 0 Å². The average molecular weight is 251 g/mol. The van der Waals surface area contributed by atoms with Gasteiger partial charge in [0, 0.05) is 5.41 Å². The van der Waals surface area contributed by atoms with Gasteiger partial charge >= 0.3 is 0 Å². The number of ether oxygens (including phenoxy) is 1. The molecule has 0 saturated heterocycles. The van der Waals surface area contributed by atoms with Crippen LogP contribution in [-0.4, -0.2) is 28.6 Å². The van der Waals surface area contributed by atoms with E-state index in [-0.39, 0.29) is 24.0 Å². The zero-order chi connectivity index (χ0) is 13.8. The largest absolute Gasteiger partial charge is 0.369 e. The number of carbonyl (C=O) groups excluding carboxylic acids is 1. The maximum Gasteiger partial charge on any atom is 0.250 e. The number of hydrogen-bond donors (Lipinski definition) is 1. The fourth-order valence-electron chi connectivity index (χ4n) is 1.22. The molecule has 100 valence electrons. The van der Waals surface area contributed by atoms with E-state index in [1.54, 1.807) is 12.4 Å². The van der Waals surface area contributed by atoms with Crippen molar-refractivity contribution in [2.45, 2.75) is 46.1 Å². The molecule has 0 spiro atoms. The lowest BCUT2D eigenvalue weighted by Gasteiger charge is -2.16. The zero-order valence-electron chi connectivity index (χ0n) is 11.7. The predicted octanol–water partition coefficient (Wildman–Crippen LogP) is 2.14. The molecule has 0 atom stereocenters. The van der Waals surface area contributed by atoms with E-state index in [2.05, 4.69) is 15.3 Å². The van der Waals surface area contributed by atoms with Crippen molar-refractivity contribution < 1.29 is 9.53 Å². The van der Waals surface area contributed by atoms with Gasteiger partial charge in [-0.25, -0.2) is 9.97 Å². The third-order valence-electron chi connectivity index (χ3n) is 2.15. The summed E-state index contributed by atoms with van der Waals surface area (Å²) in [7, 11) is 0. The van der Waals surface area contributed by atoms with Crippen molar-refractivity contribution in [3.8, 4) is 0 Å². The summed E-state index contributed by atoms with van der Waals surface area (Å²) < 4.78 is 5.20. The normalized spacial score (nSPS) is 11.7. The Bertz CT molecular complexity index is 394. The number of rotatable bonds is 4. The van der Waals surface area contributed by atoms with Gasteiger partial charge in [-0.1, -0.05) is 20.8 Å². The van der Waals surface area contributed by atoms with Crippen LogP contribution in [0, 0.1) is 0 Å². The van der Waals surface area contributed by atoms with Gasteiger partial charge in [-0.05, 0) is 13.8 Å². The molecule has 1 aromatic rings. The van der Waals surface area contributed by atoms with Crippen molar-refractivity contribution in [2.75, 3.05) is 11.9 Å². The first-order valence-corrected chi connectivity index (χ1v) is 6.03. The maximum absolute atomic E-state index is 11.5. The molecule has 0 bridgehead atoms. The Morgan fingerprint density at radius 2 is 1.89 bits per heavy atom. The van der Waals surface area contributed by atoms with Gasteiger partial charge in [-0.2, -0.15) is 0 Å². The van der Waals surface area contributed by atoms with E-state index < -0.39 is 0 Å². The Morgan fingerprint density at radius 3 is 2.33 bits per heavy atom. The summed E-state index contributed by atoms with van der Waals surface area (Å²) in [6, 6.07) is 0. The maximum atomic E-state index is 11.5. The van der Waals surface area contributed by atoms with E-state index in [1.165, 1.54) is 0 Å². The number of nitrogens with one attached hydrogen (secondary N) is 1. The summed E-state index contributed by atoms with van der Waals surface area (Å²) >= 11 is 0. The molecule has 0 aromatic carbocycles. The van der Waals surface area contributed by atoms with E-state index in [9.17, 15) is 4.79 Å². The highest BCUT2D eigenvalue weighted by Gasteiger charge is 2.16. The molecule has 0 aliphatic rings. The van der Waals surface area contributed by atoms with Crippen LogP contribution in [0.3, 0.4) is 0 Å². The minimum absolute atomic E-state index is 0.0373. The number of anilines is 1. The second-order valence-electron chi connectivity index (χ2n) is 5.45. The summed E-state index contributed by atoms with van der Waals surface area (Å²) in [6.07, 6.45) is 3.26. The first-order chi connectivity index (χ1) is 8.29. The number of aromatic nitrogens is 2. The first-order valence-electron chi connectivity index (χ1n) is 6.03. The second kappa shape index (κ2) is 5.91. The van der Waals surface area contributed by atoms with Gasteiger partial charge < -0.3 is 10.1 Å². The summed E-state index contributed by atoms with van der Waals surface area (Å²) in [5.74, 6) is 0.551. The summed E-state index contributed by atoms with van der Waals surface area (Å²) in [6.45, 7) is 9.92. The summed E-state index contributed by atoms with van der Waals surface area (Å²) in [5.41, 5.74) is 0.490. The molecule has 0 aliphatic carbocycles. The number of nitrogens with zero attached hydrogens (tertiary/aromatic N) is 2. The second-order valence-corrected chi connectivity index (χ2v) is 5.45. The quantitative estimate of drug-likeness (QED) is 0.890. The monoisotopic (exact) mass is 251 g/mol. The Kier molecular flexibility index (Phi) is 4.78. The van der Waals surface area contributed by atoms with Crippen molar-refractivity contribution in [3.63, 3.8) is 0 Å². The molecule has 1 amide bonds. The van der Waals surface area contributed by atoms with Crippen LogP contribution < -0.4 is 5.32 Å². The first kappa shape index (κ1) is 14.6. The Labute approximate surface area is 108 Å². The molecule has 5 heteroatoms. The smallest absolute Gasteiger partial charge is 0.250 e. The highest BCUT2D eigenvalue weighted by Crippen LogP contribution is 2.18. The predicted molar refractivity (Wildman–Crippen MR) is 70.4 cm³/mol. The molecule has 0 radical (unpaired) electrons. The zero-order valence-corrected chi connectivity index (χ0v) is 11.7. The van der Waals surface area contributed by atoms with Gasteiger partial charge in [0.1, 0.15) is 12.4 Å². The Balaban J connectivity index is 2.56. The third kappa shape index (κ3) is 4.79. The molecule has 5 nitrogen and oxygen atoms in total. The van der Waals surface area contributed by atoms with E-state index in [0.717, 1.165) is 5.82 Å². The van der Waals surface area contributed by atoms with Gasteiger partial charge in [0.05, 0.1) is 24.2 Å². The molecular formula is C13H21N3O2. The molecule has 1 aromatic heterocycles. The summed E-state index contributed by atoms with van der Waals surface area (Å²) in [5, 5.41) is 2.69. The Hall–Kier alpha value is -1.49. The van der Waals surface area contributed by atoms with Crippen molar-refractivity contribution >= 4 is 11.6 Å². The molecule has 18 heavy (non-hydrogen) atoms. The van der Waals surface area contributed by atoms with Crippen LogP contribution in [0.25, 0.3) is 0 Å². The van der Waals surface area contributed by atoms with Crippen LogP contribution in [0.15, 0.2) is 12.4 Å². The number of amides is 1. The summed E-state index contributed by atoms with van der Waals surface area (Å²) in [4.78, 5) is 20.0. The lowest BCUT2D eigenvalue weighted by atomic mass is 9.96. The lowest BCUT2D eigenvalue weighted by molar-refractivity contribution is -0.121. The minimum Gasteiger partial charge on any atom is -0.369 e. The van der Waals surface area contributed by atoms with Crippen molar-refractivity contribution in [1.29, 1.82) is 0 Å². The molecule has 0 saturated carbocycles. The number of carbonyl (C=O) groups is 1. The van der Waals surface area contributed by atoms with Crippen LogP contribution >= 0.6 is 0 Å². The molecular weight excluding hydrogens is 230 g/mol. The van der Waals surface area contributed by atoms with E-state index in [1.807, 2.05) is 34.6 Å². The van der Waals surface area contributed by atoms with Crippen LogP contribution in [0.5, 0.6) is 0 Å². The van der Waals surface area contributed by atoms with Gasteiger partial charge in [-0.3, -0.25) is 4.79 Å². The number of hydrogen-bond acceptors (Lipinski definition) is 4. The van der Waals surface area contributed by atoms with Gasteiger partial charge in [0.15, 0.2) is 0 Å². The molecule has 1 heterocycles. The molecule has 0 fully saturated rings.